The number of rotatable bonds is 3. The highest BCUT2D eigenvalue weighted by Crippen LogP contribution is 2.19. The minimum absolute atomic E-state index is 0.151. The third-order valence-electron chi connectivity index (χ3n) is 2.88. The summed E-state index contributed by atoms with van der Waals surface area (Å²) < 4.78 is 18.5. The normalized spacial score (nSPS) is 21.4. The van der Waals surface area contributed by atoms with Gasteiger partial charge in [0.15, 0.2) is 0 Å². The van der Waals surface area contributed by atoms with E-state index >= 15 is 0 Å². The summed E-state index contributed by atoms with van der Waals surface area (Å²) >= 11 is 0. The molecule has 2 rings (SSSR count). The molecular formula is C12H18FN3O. The van der Waals surface area contributed by atoms with E-state index in [0.717, 1.165) is 25.4 Å². The summed E-state index contributed by atoms with van der Waals surface area (Å²) in [5.41, 5.74) is 6.89. The molecule has 1 aromatic rings. The van der Waals surface area contributed by atoms with Crippen molar-refractivity contribution in [3.63, 3.8) is 0 Å². The van der Waals surface area contributed by atoms with Crippen LogP contribution in [0.2, 0.25) is 0 Å². The van der Waals surface area contributed by atoms with Gasteiger partial charge in [0.25, 0.3) is 0 Å². The Morgan fingerprint density at radius 2 is 2.41 bits per heavy atom. The zero-order valence-corrected chi connectivity index (χ0v) is 9.95. The number of nitrogens with two attached hydrogens (primary N) is 1. The van der Waals surface area contributed by atoms with E-state index < -0.39 is 0 Å². The van der Waals surface area contributed by atoms with Crippen molar-refractivity contribution < 1.29 is 9.13 Å². The first-order valence-electron chi connectivity index (χ1n) is 5.74. The van der Waals surface area contributed by atoms with Gasteiger partial charge < -0.3 is 20.7 Å². The van der Waals surface area contributed by atoms with Gasteiger partial charge in [-0.2, -0.15) is 0 Å². The van der Waals surface area contributed by atoms with Crippen LogP contribution < -0.4 is 11.1 Å². The second kappa shape index (κ2) is 5.33. The van der Waals surface area contributed by atoms with Gasteiger partial charge in [0.1, 0.15) is 5.82 Å². The van der Waals surface area contributed by atoms with Crippen LogP contribution in [0.3, 0.4) is 0 Å². The van der Waals surface area contributed by atoms with E-state index in [0.29, 0.717) is 12.2 Å². The first kappa shape index (κ1) is 12.1. The molecule has 4 nitrogen and oxygen atoms in total. The summed E-state index contributed by atoms with van der Waals surface area (Å²) in [6.07, 6.45) is 0.151. The Morgan fingerprint density at radius 3 is 3.12 bits per heavy atom. The molecule has 0 spiro atoms. The van der Waals surface area contributed by atoms with Crippen molar-refractivity contribution >= 4 is 11.4 Å². The summed E-state index contributed by atoms with van der Waals surface area (Å²) in [6.45, 7) is 3.30. The Morgan fingerprint density at radius 1 is 1.59 bits per heavy atom. The molecule has 1 heterocycles. The molecule has 1 aliphatic rings. The molecule has 1 saturated heterocycles. The Balaban J connectivity index is 1.88. The molecule has 94 valence electrons. The van der Waals surface area contributed by atoms with Crippen molar-refractivity contribution in [1.82, 2.24) is 4.90 Å². The number of anilines is 2. The second-order valence-electron chi connectivity index (χ2n) is 4.37. The van der Waals surface area contributed by atoms with E-state index in [9.17, 15) is 4.39 Å². The first-order valence-corrected chi connectivity index (χ1v) is 5.74. The lowest BCUT2D eigenvalue weighted by Crippen LogP contribution is -2.43. The number of halogens is 1. The summed E-state index contributed by atoms with van der Waals surface area (Å²) in [4.78, 5) is 2.23. The van der Waals surface area contributed by atoms with Gasteiger partial charge in [-0.05, 0) is 25.2 Å². The van der Waals surface area contributed by atoms with Gasteiger partial charge in [0.05, 0.1) is 24.1 Å². The van der Waals surface area contributed by atoms with E-state index in [4.69, 9.17) is 10.5 Å². The third-order valence-corrected chi connectivity index (χ3v) is 2.88. The molecule has 0 bridgehead atoms. The zero-order chi connectivity index (χ0) is 12.3. The molecule has 0 amide bonds. The van der Waals surface area contributed by atoms with Crippen LogP contribution in [-0.2, 0) is 4.74 Å². The SMILES string of the molecule is CN1CCOC(CNc2ccc(F)cc2N)C1. The summed E-state index contributed by atoms with van der Waals surface area (Å²) in [6, 6.07) is 4.36. The van der Waals surface area contributed by atoms with Crippen LogP contribution in [0.4, 0.5) is 15.8 Å². The molecule has 5 heteroatoms. The van der Waals surface area contributed by atoms with Crippen molar-refractivity contribution in [2.75, 3.05) is 44.3 Å². The molecule has 1 fully saturated rings. The lowest BCUT2D eigenvalue weighted by atomic mass is 10.2. The van der Waals surface area contributed by atoms with Crippen LogP contribution in [-0.4, -0.2) is 44.3 Å². The molecule has 1 unspecified atom stereocenters. The number of nitrogen functional groups attached to an aromatic ring is 1. The van der Waals surface area contributed by atoms with Crippen LogP contribution in [0.15, 0.2) is 18.2 Å². The molecule has 1 aliphatic heterocycles. The van der Waals surface area contributed by atoms with Crippen molar-refractivity contribution in [1.29, 1.82) is 0 Å². The molecular weight excluding hydrogens is 221 g/mol. The fourth-order valence-electron chi connectivity index (χ4n) is 1.91. The predicted octanol–water partition coefficient (Wildman–Crippen LogP) is 1.15. The molecule has 1 aromatic carbocycles. The van der Waals surface area contributed by atoms with Gasteiger partial charge in [-0.1, -0.05) is 0 Å². The minimum atomic E-state index is -0.318. The number of hydrogen-bond donors (Lipinski definition) is 2. The molecule has 1 atom stereocenters. The smallest absolute Gasteiger partial charge is 0.125 e. The van der Waals surface area contributed by atoms with Crippen LogP contribution in [0.1, 0.15) is 0 Å². The molecule has 0 aromatic heterocycles. The van der Waals surface area contributed by atoms with Crippen LogP contribution in [0, 0.1) is 5.82 Å². The maximum absolute atomic E-state index is 12.9. The number of nitrogens with one attached hydrogen (secondary N) is 1. The Hall–Kier alpha value is -1.33. The van der Waals surface area contributed by atoms with Crippen molar-refractivity contribution in [2.45, 2.75) is 6.10 Å². The van der Waals surface area contributed by atoms with Gasteiger partial charge in [-0.3, -0.25) is 0 Å². The lowest BCUT2D eigenvalue weighted by Gasteiger charge is -2.30. The number of hydrogen-bond acceptors (Lipinski definition) is 4. The zero-order valence-electron chi connectivity index (χ0n) is 9.95. The molecule has 3 N–H and O–H groups in total. The first-order chi connectivity index (χ1) is 8.15. The Labute approximate surface area is 101 Å². The number of morpholine rings is 1. The molecule has 0 radical (unpaired) electrons. The quantitative estimate of drug-likeness (QED) is 0.777. The Kier molecular flexibility index (Phi) is 3.81. The molecule has 17 heavy (non-hydrogen) atoms. The highest BCUT2D eigenvalue weighted by atomic mass is 19.1. The maximum atomic E-state index is 12.9. The van der Waals surface area contributed by atoms with Crippen molar-refractivity contribution in [3.05, 3.63) is 24.0 Å². The second-order valence-corrected chi connectivity index (χ2v) is 4.37. The van der Waals surface area contributed by atoms with E-state index in [1.54, 1.807) is 6.07 Å². The van der Waals surface area contributed by atoms with Crippen molar-refractivity contribution in [3.8, 4) is 0 Å². The van der Waals surface area contributed by atoms with Gasteiger partial charge >= 0.3 is 0 Å². The summed E-state index contributed by atoms with van der Waals surface area (Å²) in [5.74, 6) is -0.318. The largest absolute Gasteiger partial charge is 0.397 e. The van der Waals surface area contributed by atoms with Gasteiger partial charge in [0, 0.05) is 19.6 Å². The Bertz CT molecular complexity index is 386. The fraction of sp³-hybridized carbons (Fsp3) is 0.500. The lowest BCUT2D eigenvalue weighted by molar-refractivity contribution is -0.0117. The third kappa shape index (κ3) is 3.31. The average Bonchev–Trinajstić information content (AvgIpc) is 2.28. The van der Waals surface area contributed by atoms with E-state index in [2.05, 4.69) is 17.3 Å². The van der Waals surface area contributed by atoms with E-state index in [1.807, 2.05) is 0 Å². The topological polar surface area (TPSA) is 50.5 Å². The summed E-state index contributed by atoms with van der Waals surface area (Å²) in [7, 11) is 2.07. The van der Waals surface area contributed by atoms with Crippen LogP contribution >= 0.6 is 0 Å². The van der Waals surface area contributed by atoms with Gasteiger partial charge in [-0.25, -0.2) is 4.39 Å². The fourth-order valence-corrected chi connectivity index (χ4v) is 1.91. The standard InChI is InChI=1S/C12H18FN3O/c1-16-4-5-17-10(8-16)7-15-12-3-2-9(13)6-11(12)14/h2-3,6,10,15H,4-5,7-8,14H2,1H3. The summed E-state index contributed by atoms with van der Waals surface area (Å²) in [5, 5.41) is 3.19. The highest BCUT2D eigenvalue weighted by molar-refractivity contribution is 5.65. The van der Waals surface area contributed by atoms with E-state index in [-0.39, 0.29) is 11.9 Å². The monoisotopic (exact) mass is 239 g/mol. The van der Waals surface area contributed by atoms with Crippen LogP contribution in [0.5, 0.6) is 0 Å². The highest BCUT2D eigenvalue weighted by Gasteiger charge is 2.17. The molecule has 0 aliphatic carbocycles. The van der Waals surface area contributed by atoms with E-state index in [1.165, 1.54) is 12.1 Å². The van der Waals surface area contributed by atoms with Gasteiger partial charge in [0.2, 0.25) is 0 Å². The van der Waals surface area contributed by atoms with Crippen LogP contribution in [0.25, 0.3) is 0 Å². The number of benzene rings is 1. The maximum Gasteiger partial charge on any atom is 0.125 e. The van der Waals surface area contributed by atoms with Crippen molar-refractivity contribution in [2.24, 2.45) is 0 Å². The average molecular weight is 239 g/mol. The van der Waals surface area contributed by atoms with Gasteiger partial charge in [-0.15, -0.1) is 0 Å². The number of nitrogens with zero attached hydrogens (tertiary/aromatic N) is 1. The minimum Gasteiger partial charge on any atom is -0.397 e. The number of ether oxygens (including phenoxy) is 1. The molecule has 0 saturated carbocycles. The predicted molar refractivity (Wildman–Crippen MR) is 66.5 cm³/mol. The number of likely N-dealkylation sites (N-methyl/N-ethyl adjacent to an activating group) is 1.